The van der Waals surface area contributed by atoms with E-state index in [1.807, 2.05) is 12.4 Å². The average molecular weight is 254 g/mol. The van der Waals surface area contributed by atoms with Gasteiger partial charge in [-0.1, -0.05) is 44.5 Å². The van der Waals surface area contributed by atoms with Crippen molar-refractivity contribution in [1.82, 2.24) is 4.98 Å². The summed E-state index contributed by atoms with van der Waals surface area (Å²) in [5.41, 5.74) is 8.10. The summed E-state index contributed by atoms with van der Waals surface area (Å²) in [6.07, 6.45) is 8.47. The van der Waals surface area contributed by atoms with Gasteiger partial charge in [0.2, 0.25) is 0 Å². The first kappa shape index (κ1) is 12.6. The number of rotatable bonds is 1. The predicted molar refractivity (Wildman–Crippen MR) is 79.9 cm³/mol. The first-order valence-electron chi connectivity index (χ1n) is 7.12. The molecular formula is C17H22N2. The molecule has 2 heteroatoms. The molecule has 1 aromatic carbocycles. The normalized spacial score (nSPS) is 26.5. The molecule has 1 unspecified atom stereocenters. The van der Waals surface area contributed by atoms with Crippen LogP contribution in [-0.4, -0.2) is 4.98 Å². The second-order valence-electron chi connectivity index (χ2n) is 6.76. The Morgan fingerprint density at radius 2 is 1.89 bits per heavy atom. The fraction of sp³-hybridized carbons (Fsp3) is 0.471. The van der Waals surface area contributed by atoms with Gasteiger partial charge >= 0.3 is 0 Å². The molecule has 1 saturated carbocycles. The van der Waals surface area contributed by atoms with E-state index in [-0.39, 0.29) is 5.54 Å². The van der Waals surface area contributed by atoms with Gasteiger partial charge in [0.15, 0.2) is 0 Å². The number of benzene rings is 1. The molecule has 2 nitrogen and oxygen atoms in total. The Hall–Kier alpha value is -1.41. The van der Waals surface area contributed by atoms with Crippen molar-refractivity contribution in [3.05, 3.63) is 42.2 Å². The molecule has 0 amide bonds. The molecule has 3 rings (SSSR count). The summed E-state index contributed by atoms with van der Waals surface area (Å²) in [7, 11) is 0. The van der Waals surface area contributed by atoms with E-state index in [0.717, 1.165) is 12.8 Å². The fourth-order valence-corrected chi connectivity index (χ4v) is 3.66. The number of hydrogen-bond donors (Lipinski definition) is 1. The third-order valence-electron chi connectivity index (χ3n) is 4.48. The van der Waals surface area contributed by atoms with Gasteiger partial charge < -0.3 is 5.73 Å². The van der Waals surface area contributed by atoms with Crippen molar-refractivity contribution in [2.24, 2.45) is 11.1 Å². The first-order chi connectivity index (χ1) is 9.00. The van der Waals surface area contributed by atoms with Crippen molar-refractivity contribution in [1.29, 1.82) is 0 Å². The van der Waals surface area contributed by atoms with Crippen molar-refractivity contribution < 1.29 is 0 Å². The predicted octanol–water partition coefficient (Wildman–Crippen LogP) is 3.99. The zero-order valence-electron chi connectivity index (χ0n) is 11.8. The van der Waals surface area contributed by atoms with Crippen molar-refractivity contribution in [3.8, 4) is 0 Å². The highest BCUT2D eigenvalue weighted by atomic mass is 14.8. The van der Waals surface area contributed by atoms with Gasteiger partial charge in [0.1, 0.15) is 0 Å². The largest absolute Gasteiger partial charge is 0.321 e. The topological polar surface area (TPSA) is 38.9 Å². The summed E-state index contributed by atoms with van der Waals surface area (Å²) in [6.45, 7) is 4.65. The highest BCUT2D eigenvalue weighted by molar-refractivity contribution is 5.85. The summed E-state index contributed by atoms with van der Waals surface area (Å²) in [5.74, 6) is 0. The Balaban J connectivity index is 2.13. The molecule has 1 aliphatic rings. The number of nitrogens with two attached hydrogens (primary N) is 1. The van der Waals surface area contributed by atoms with Crippen LogP contribution in [-0.2, 0) is 5.54 Å². The molecule has 2 N–H and O–H groups in total. The minimum absolute atomic E-state index is 0.227. The van der Waals surface area contributed by atoms with Crippen LogP contribution in [0.5, 0.6) is 0 Å². The van der Waals surface area contributed by atoms with Crippen molar-refractivity contribution in [3.63, 3.8) is 0 Å². The van der Waals surface area contributed by atoms with Gasteiger partial charge in [0.25, 0.3) is 0 Å². The van der Waals surface area contributed by atoms with Crippen LogP contribution < -0.4 is 5.73 Å². The van der Waals surface area contributed by atoms with E-state index in [1.54, 1.807) is 0 Å². The summed E-state index contributed by atoms with van der Waals surface area (Å²) < 4.78 is 0. The Morgan fingerprint density at radius 1 is 1.11 bits per heavy atom. The lowest BCUT2D eigenvalue weighted by Crippen LogP contribution is -2.44. The maximum Gasteiger partial charge on any atom is 0.0436 e. The van der Waals surface area contributed by atoms with Gasteiger partial charge in [-0.25, -0.2) is 0 Å². The Morgan fingerprint density at radius 3 is 2.68 bits per heavy atom. The van der Waals surface area contributed by atoms with Gasteiger partial charge in [0, 0.05) is 23.3 Å². The standard InChI is InChI=1S/C17H22N2/c1-16(2)8-5-9-17(18,12-16)15-11-19-10-13-6-3-4-7-14(13)15/h3-4,6-7,10-11H,5,8-9,12,18H2,1-2H3. The van der Waals surface area contributed by atoms with Crippen LogP contribution in [0, 0.1) is 5.41 Å². The molecule has 0 spiro atoms. The number of nitrogens with zero attached hydrogens (tertiary/aromatic N) is 1. The van der Waals surface area contributed by atoms with Crippen LogP contribution in [0.3, 0.4) is 0 Å². The van der Waals surface area contributed by atoms with Crippen molar-refractivity contribution in [2.45, 2.75) is 45.1 Å². The van der Waals surface area contributed by atoms with E-state index in [1.165, 1.54) is 29.2 Å². The molecule has 1 atom stereocenters. The monoisotopic (exact) mass is 254 g/mol. The molecule has 0 radical (unpaired) electrons. The molecular weight excluding hydrogens is 232 g/mol. The van der Waals surface area contributed by atoms with Crippen LogP contribution in [0.4, 0.5) is 0 Å². The highest BCUT2D eigenvalue weighted by Crippen LogP contribution is 2.45. The minimum atomic E-state index is -0.227. The molecule has 19 heavy (non-hydrogen) atoms. The SMILES string of the molecule is CC1(C)CCCC(N)(c2cncc3ccccc23)C1. The maximum atomic E-state index is 6.78. The average Bonchev–Trinajstić information content (AvgIpc) is 2.36. The van der Waals surface area contributed by atoms with Gasteiger partial charge in [-0.3, -0.25) is 4.98 Å². The van der Waals surface area contributed by atoms with Gasteiger partial charge in [-0.15, -0.1) is 0 Å². The summed E-state index contributed by atoms with van der Waals surface area (Å²) in [6, 6.07) is 8.43. The van der Waals surface area contributed by atoms with E-state index in [0.29, 0.717) is 5.41 Å². The van der Waals surface area contributed by atoms with E-state index in [4.69, 9.17) is 5.73 Å². The smallest absolute Gasteiger partial charge is 0.0436 e. The summed E-state index contributed by atoms with van der Waals surface area (Å²) >= 11 is 0. The molecule has 2 aromatic rings. The highest BCUT2D eigenvalue weighted by Gasteiger charge is 2.39. The van der Waals surface area contributed by atoms with E-state index in [2.05, 4.69) is 43.1 Å². The van der Waals surface area contributed by atoms with Crippen LogP contribution in [0.2, 0.25) is 0 Å². The Bertz CT molecular complexity index is 598. The Kier molecular flexibility index (Phi) is 2.86. The lowest BCUT2D eigenvalue weighted by Gasteiger charge is -2.43. The van der Waals surface area contributed by atoms with Gasteiger partial charge in [-0.2, -0.15) is 0 Å². The van der Waals surface area contributed by atoms with Gasteiger partial charge in [0.05, 0.1) is 0 Å². The van der Waals surface area contributed by atoms with Crippen molar-refractivity contribution >= 4 is 10.8 Å². The summed E-state index contributed by atoms with van der Waals surface area (Å²) in [4.78, 5) is 4.40. The van der Waals surface area contributed by atoms with E-state index < -0.39 is 0 Å². The third kappa shape index (κ3) is 2.25. The zero-order valence-corrected chi connectivity index (χ0v) is 11.8. The van der Waals surface area contributed by atoms with Crippen LogP contribution in [0.15, 0.2) is 36.7 Å². The van der Waals surface area contributed by atoms with E-state index in [9.17, 15) is 0 Å². The minimum Gasteiger partial charge on any atom is -0.321 e. The number of pyridine rings is 1. The quantitative estimate of drug-likeness (QED) is 0.835. The molecule has 1 aliphatic carbocycles. The molecule has 0 aliphatic heterocycles. The van der Waals surface area contributed by atoms with E-state index >= 15 is 0 Å². The molecule has 0 bridgehead atoms. The lowest BCUT2D eigenvalue weighted by atomic mass is 9.66. The third-order valence-corrected chi connectivity index (χ3v) is 4.48. The van der Waals surface area contributed by atoms with Crippen LogP contribution in [0.25, 0.3) is 10.8 Å². The Labute approximate surface area is 115 Å². The first-order valence-corrected chi connectivity index (χ1v) is 7.12. The molecule has 1 fully saturated rings. The number of aromatic nitrogens is 1. The second kappa shape index (κ2) is 4.31. The van der Waals surface area contributed by atoms with Crippen LogP contribution in [0.1, 0.15) is 45.1 Å². The lowest BCUT2D eigenvalue weighted by molar-refractivity contribution is 0.152. The second-order valence-corrected chi connectivity index (χ2v) is 6.76. The summed E-state index contributed by atoms with van der Waals surface area (Å²) in [5, 5.41) is 2.45. The number of fused-ring (bicyclic) bond motifs is 1. The maximum absolute atomic E-state index is 6.78. The van der Waals surface area contributed by atoms with Gasteiger partial charge in [-0.05, 0) is 35.6 Å². The van der Waals surface area contributed by atoms with Crippen molar-refractivity contribution in [2.75, 3.05) is 0 Å². The van der Waals surface area contributed by atoms with Crippen LogP contribution >= 0.6 is 0 Å². The fourth-order valence-electron chi connectivity index (χ4n) is 3.66. The zero-order chi connectivity index (χ0) is 13.5. The molecule has 1 aromatic heterocycles. The molecule has 100 valence electrons. The number of hydrogen-bond acceptors (Lipinski definition) is 2. The molecule has 0 saturated heterocycles. The molecule has 1 heterocycles.